The molecule has 7 nitrogen and oxygen atoms in total. The number of ether oxygens (including phenoxy) is 2. The number of benzene rings is 2. The third kappa shape index (κ3) is 5.56. The first-order valence-electron chi connectivity index (χ1n) is 14.0. The minimum absolute atomic E-state index is 0.0162. The highest BCUT2D eigenvalue weighted by Gasteiger charge is 2.48. The number of nitrogens with one attached hydrogen (secondary N) is 1. The normalized spacial score (nSPS) is 19.9. The second-order valence-electron chi connectivity index (χ2n) is 12.9. The van der Waals surface area contributed by atoms with Crippen LogP contribution >= 0.6 is 11.6 Å². The number of nitrogens with zero attached hydrogens (tertiary/aromatic N) is 1. The number of methoxy groups -OCH3 is 1. The molecular weight excluding hydrogens is 559 g/mol. The van der Waals surface area contributed by atoms with Crippen LogP contribution < -0.4 is 14.8 Å². The Bertz CT molecular complexity index is 1500. The fourth-order valence-electron chi connectivity index (χ4n) is 6.43. The van der Waals surface area contributed by atoms with Gasteiger partial charge in [0.15, 0.2) is 29.7 Å². The molecule has 2 aliphatic carbocycles. The maximum Gasteiger partial charge on any atom is 0.262 e. The first-order valence-corrected chi connectivity index (χ1v) is 14.4. The predicted molar refractivity (Wildman–Crippen MR) is 159 cm³/mol. The van der Waals surface area contributed by atoms with Crippen LogP contribution in [-0.4, -0.2) is 43.1 Å². The number of carbonyl (C=O) groups is 3. The average molecular weight is 595 g/mol. The van der Waals surface area contributed by atoms with Crippen molar-refractivity contribution in [1.82, 2.24) is 4.90 Å². The van der Waals surface area contributed by atoms with Gasteiger partial charge in [0.2, 0.25) is 0 Å². The van der Waals surface area contributed by atoms with Gasteiger partial charge in [0.05, 0.1) is 17.8 Å². The Morgan fingerprint density at radius 1 is 1.00 bits per heavy atom. The molecule has 0 unspecified atom stereocenters. The number of halogens is 2. The molecule has 1 amide bonds. The smallest absolute Gasteiger partial charge is 0.262 e. The van der Waals surface area contributed by atoms with Gasteiger partial charge in [-0.2, -0.15) is 0 Å². The van der Waals surface area contributed by atoms with E-state index in [1.807, 2.05) is 7.05 Å². The molecule has 1 heterocycles. The summed E-state index contributed by atoms with van der Waals surface area (Å²) in [4.78, 5) is 42.1. The molecule has 222 valence electrons. The number of ketones is 2. The molecule has 0 saturated heterocycles. The second-order valence-corrected chi connectivity index (χ2v) is 13.4. The lowest BCUT2D eigenvalue weighted by Crippen LogP contribution is -2.43. The average Bonchev–Trinajstić information content (AvgIpc) is 2.89. The second kappa shape index (κ2) is 10.9. The number of hydrogen-bond acceptors (Lipinski definition) is 6. The summed E-state index contributed by atoms with van der Waals surface area (Å²) >= 11 is 6.73. The number of anilines is 1. The van der Waals surface area contributed by atoms with Crippen molar-refractivity contribution >= 4 is 34.8 Å². The summed E-state index contributed by atoms with van der Waals surface area (Å²) in [5, 5.41) is 2.64. The van der Waals surface area contributed by atoms with Gasteiger partial charge < -0.3 is 19.7 Å². The highest BCUT2D eigenvalue weighted by atomic mass is 35.5. The molecule has 2 aromatic carbocycles. The van der Waals surface area contributed by atoms with Crippen molar-refractivity contribution in [3.63, 3.8) is 0 Å². The van der Waals surface area contributed by atoms with E-state index >= 15 is 0 Å². The van der Waals surface area contributed by atoms with Crippen LogP contribution in [0.15, 0.2) is 58.9 Å². The first kappa shape index (κ1) is 29.8. The SMILES string of the molecule is COc1cc(C2C3=C(CC(C)(C)CC3=O)N(C)C3=C2C(=O)CC(C)(C)C3)cc(Cl)c1OCC(=O)Nc1ccccc1F. The topological polar surface area (TPSA) is 84.9 Å². The number of carbonyl (C=O) groups excluding carboxylic acids is 3. The van der Waals surface area contributed by atoms with Gasteiger partial charge in [-0.05, 0) is 53.5 Å². The molecule has 5 rings (SSSR count). The van der Waals surface area contributed by atoms with Crippen molar-refractivity contribution in [2.45, 2.75) is 59.3 Å². The fraction of sp³-hybridized carbons (Fsp3) is 0.424. The van der Waals surface area contributed by atoms with Crippen LogP contribution in [0.4, 0.5) is 10.1 Å². The number of allylic oxidation sites excluding steroid dienone is 4. The van der Waals surface area contributed by atoms with E-state index in [0.717, 1.165) is 11.4 Å². The van der Waals surface area contributed by atoms with E-state index in [2.05, 4.69) is 37.9 Å². The maximum atomic E-state index is 14.0. The molecule has 0 atom stereocenters. The molecule has 2 aromatic rings. The zero-order valence-electron chi connectivity index (χ0n) is 24.8. The van der Waals surface area contributed by atoms with E-state index < -0.39 is 24.2 Å². The number of rotatable bonds is 6. The summed E-state index contributed by atoms with van der Waals surface area (Å²) in [6, 6.07) is 9.24. The summed E-state index contributed by atoms with van der Waals surface area (Å²) < 4.78 is 25.3. The van der Waals surface area contributed by atoms with E-state index in [1.54, 1.807) is 18.2 Å². The summed E-state index contributed by atoms with van der Waals surface area (Å²) in [5.41, 5.74) is 3.38. The van der Waals surface area contributed by atoms with Crippen LogP contribution in [0.25, 0.3) is 0 Å². The Morgan fingerprint density at radius 3 is 2.12 bits per heavy atom. The molecule has 1 N–H and O–H groups in total. The molecule has 42 heavy (non-hydrogen) atoms. The van der Waals surface area contributed by atoms with Gasteiger partial charge in [0.25, 0.3) is 5.91 Å². The fourth-order valence-corrected chi connectivity index (χ4v) is 6.70. The van der Waals surface area contributed by atoms with Crippen LogP contribution in [0, 0.1) is 16.6 Å². The van der Waals surface area contributed by atoms with Gasteiger partial charge in [0, 0.05) is 48.3 Å². The highest BCUT2D eigenvalue weighted by Crippen LogP contribution is 2.55. The van der Waals surface area contributed by atoms with Crippen LogP contribution in [0.1, 0.15) is 64.9 Å². The Labute approximate surface area is 250 Å². The van der Waals surface area contributed by atoms with Crippen LogP contribution in [0.5, 0.6) is 11.5 Å². The number of hydrogen-bond donors (Lipinski definition) is 1. The highest BCUT2D eigenvalue weighted by molar-refractivity contribution is 6.32. The number of para-hydroxylation sites is 1. The van der Waals surface area contributed by atoms with E-state index in [4.69, 9.17) is 21.1 Å². The largest absolute Gasteiger partial charge is 0.493 e. The summed E-state index contributed by atoms with van der Waals surface area (Å²) in [7, 11) is 3.41. The number of amides is 1. The van der Waals surface area contributed by atoms with E-state index in [-0.39, 0.29) is 44.6 Å². The van der Waals surface area contributed by atoms with Crippen LogP contribution in [0.2, 0.25) is 5.02 Å². The monoisotopic (exact) mass is 594 g/mol. The summed E-state index contributed by atoms with van der Waals surface area (Å²) in [6.45, 7) is 7.92. The van der Waals surface area contributed by atoms with Crippen molar-refractivity contribution in [2.75, 3.05) is 26.1 Å². The van der Waals surface area contributed by atoms with Crippen LogP contribution in [-0.2, 0) is 14.4 Å². The first-order chi connectivity index (χ1) is 19.7. The van der Waals surface area contributed by atoms with Crippen molar-refractivity contribution in [3.8, 4) is 11.5 Å². The minimum atomic E-state index is -0.594. The summed E-state index contributed by atoms with van der Waals surface area (Å²) in [6.07, 6.45) is 2.16. The Balaban J connectivity index is 1.54. The third-order valence-electron chi connectivity index (χ3n) is 8.26. The van der Waals surface area contributed by atoms with Crippen molar-refractivity contribution in [1.29, 1.82) is 0 Å². The lowest BCUT2D eigenvalue weighted by atomic mass is 9.63. The molecule has 3 aliphatic rings. The third-order valence-corrected chi connectivity index (χ3v) is 8.54. The lowest BCUT2D eigenvalue weighted by Gasteiger charge is -2.48. The van der Waals surface area contributed by atoms with Gasteiger partial charge in [-0.15, -0.1) is 0 Å². The van der Waals surface area contributed by atoms with Crippen molar-refractivity contribution in [2.24, 2.45) is 10.8 Å². The molecule has 0 bridgehead atoms. The zero-order chi connectivity index (χ0) is 30.6. The van der Waals surface area contributed by atoms with Crippen molar-refractivity contribution < 1.29 is 28.2 Å². The quantitative estimate of drug-likeness (QED) is 0.395. The minimum Gasteiger partial charge on any atom is -0.493 e. The van der Waals surface area contributed by atoms with Crippen molar-refractivity contribution in [3.05, 3.63) is 75.3 Å². The maximum absolute atomic E-state index is 14.0. The molecule has 0 saturated carbocycles. The van der Waals surface area contributed by atoms with E-state index in [9.17, 15) is 18.8 Å². The Hall–Kier alpha value is -3.65. The zero-order valence-corrected chi connectivity index (χ0v) is 25.6. The van der Waals surface area contributed by atoms with Gasteiger partial charge >= 0.3 is 0 Å². The molecule has 9 heteroatoms. The van der Waals surface area contributed by atoms with Gasteiger partial charge in [-0.1, -0.05) is 51.4 Å². The molecule has 1 aliphatic heterocycles. The van der Waals surface area contributed by atoms with E-state index in [1.165, 1.54) is 25.3 Å². The molecule has 0 aromatic heterocycles. The molecular formula is C33H36ClFN2O5. The molecule has 0 radical (unpaired) electrons. The summed E-state index contributed by atoms with van der Waals surface area (Å²) in [5.74, 6) is -1.31. The molecule has 0 spiro atoms. The van der Waals surface area contributed by atoms with E-state index in [0.29, 0.717) is 42.4 Å². The van der Waals surface area contributed by atoms with Gasteiger partial charge in [0.1, 0.15) is 5.82 Å². The van der Waals surface area contributed by atoms with Crippen LogP contribution in [0.3, 0.4) is 0 Å². The Kier molecular flexibility index (Phi) is 7.73. The number of Topliss-reactive ketones (excluding diaryl/α,β-unsaturated/α-hetero) is 2. The van der Waals surface area contributed by atoms with Gasteiger partial charge in [-0.3, -0.25) is 14.4 Å². The molecule has 0 fully saturated rings. The standard InChI is InChI=1S/C33H36ClFN2O5/c1-32(2)13-22-29(24(38)15-32)28(30-23(37(22)5)14-33(3,4)16-25(30)39)18-11-19(34)31(26(12-18)41-6)42-17-27(40)36-21-10-8-7-9-20(21)35/h7-12,28H,13-17H2,1-6H3,(H,36,40). The Morgan fingerprint density at radius 2 is 1.57 bits per heavy atom. The predicted octanol–water partition coefficient (Wildman–Crippen LogP) is 6.82. The lowest BCUT2D eigenvalue weighted by molar-refractivity contribution is -0.120. The van der Waals surface area contributed by atoms with Gasteiger partial charge in [-0.25, -0.2) is 4.39 Å².